The Kier molecular flexibility index (Phi) is 7.31. The molecule has 0 aliphatic heterocycles. The monoisotopic (exact) mass is 431 g/mol. The Hall–Kier alpha value is -2.59. The molecule has 0 radical (unpaired) electrons. The van der Waals surface area contributed by atoms with Crippen LogP contribution in [0.1, 0.15) is 50.2 Å². The van der Waals surface area contributed by atoms with Crippen molar-refractivity contribution in [2.45, 2.75) is 45.6 Å². The molecule has 2 aliphatic carbocycles. The Morgan fingerprint density at radius 2 is 1.72 bits per heavy atom. The average molecular weight is 432 g/mol. The maximum Gasteiger partial charge on any atom is 0.248 e. The third kappa shape index (κ3) is 6.23. The van der Waals surface area contributed by atoms with Crippen molar-refractivity contribution in [1.82, 2.24) is 4.90 Å². The van der Waals surface area contributed by atoms with E-state index in [-0.39, 0.29) is 5.91 Å². The molecule has 32 heavy (non-hydrogen) atoms. The lowest BCUT2D eigenvalue weighted by molar-refractivity contribution is -0.111. The van der Waals surface area contributed by atoms with E-state index in [1.165, 1.54) is 44.2 Å². The number of carbonyl (C=O) groups excluding carboxylic acids is 1. The Balaban J connectivity index is 1.25. The van der Waals surface area contributed by atoms with Gasteiger partial charge in [-0.1, -0.05) is 43.3 Å². The molecule has 3 N–H and O–H groups in total. The highest BCUT2D eigenvalue weighted by Gasteiger charge is 2.34. The summed E-state index contributed by atoms with van der Waals surface area (Å²) in [6, 6.07) is 15.8. The number of carbonyl (C=O) groups is 1. The van der Waals surface area contributed by atoms with Gasteiger partial charge in [-0.05, 0) is 92.2 Å². The number of nitrogen functional groups attached to an aromatic ring is 1. The number of fused-ring (bicyclic) bond motifs is 2. The number of anilines is 2. The molecule has 2 bridgehead atoms. The molecule has 0 spiro atoms. The van der Waals surface area contributed by atoms with Crippen LogP contribution in [0.25, 0.3) is 6.08 Å². The van der Waals surface area contributed by atoms with Crippen LogP contribution < -0.4 is 11.1 Å². The first-order valence-electron chi connectivity index (χ1n) is 12.1. The molecule has 2 unspecified atom stereocenters. The van der Waals surface area contributed by atoms with Crippen LogP contribution in [-0.2, 0) is 11.3 Å². The molecule has 1 amide bonds. The molecule has 0 heterocycles. The van der Waals surface area contributed by atoms with Crippen molar-refractivity contribution in [2.24, 2.45) is 23.7 Å². The van der Waals surface area contributed by atoms with Crippen LogP contribution in [0, 0.1) is 23.7 Å². The minimum absolute atomic E-state index is 0.182. The van der Waals surface area contributed by atoms with E-state index in [2.05, 4.69) is 48.5 Å². The highest BCUT2D eigenvalue weighted by atomic mass is 16.1. The third-order valence-corrected chi connectivity index (χ3v) is 7.12. The molecule has 2 aliphatic rings. The summed E-state index contributed by atoms with van der Waals surface area (Å²) in [6.45, 7) is 4.61. The molecule has 0 saturated heterocycles. The summed E-state index contributed by atoms with van der Waals surface area (Å²) in [7, 11) is 2.25. The highest BCUT2D eigenvalue weighted by Crippen LogP contribution is 2.44. The first-order valence-corrected chi connectivity index (χ1v) is 12.1. The van der Waals surface area contributed by atoms with Gasteiger partial charge in [0, 0.05) is 19.2 Å². The number of nitrogens with zero attached hydrogens (tertiary/aromatic N) is 1. The standard InChI is InChI=1S/C28H37N3O/c1-20-13-23-15-24(14-20)17-25(16-23)19-31(2)18-22-9-7-21(8-10-22)11-12-28(32)30-27-6-4-3-5-26(27)29/h3-12,20,23-25H,13-19,29H2,1-2H3,(H,30,32)/b12-11+. The van der Waals surface area contributed by atoms with Crippen molar-refractivity contribution < 1.29 is 4.79 Å². The number of nitrogens with one attached hydrogen (secondary N) is 1. The Morgan fingerprint density at radius 1 is 1.03 bits per heavy atom. The first-order chi connectivity index (χ1) is 15.4. The van der Waals surface area contributed by atoms with Gasteiger partial charge in [0.2, 0.25) is 5.91 Å². The zero-order chi connectivity index (χ0) is 22.5. The lowest BCUT2D eigenvalue weighted by atomic mass is 9.65. The van der Waals surface area contributed by atoms with Gasteiger partial charge in [-0.3, -0.25) is 4.79 Å². The van der Waals surface area contributed by atoms with Crippen molar-refractivity contribution in [3.8, 4) is 0 Å². The van der Waals surface area contributed by atoms with Crippen molar-refractivity contribution >= 4 is 23.4 Å². The molecule has 4 heteroatoms. The zero-order valence-corrected chi connectivity index (χ0v) is 19.5. The van der Waals surface area contributed by atoms with Crippen LogP contribution in [0.4, 0.5) is 11.4 Å². The molecule has 2 fully saturated rings. The van der Waals surface area contributed by atoms with E-state index in [1.807, 2.05) is 18.2 Å². The fourth-order valence-corrected chi connectivity index (χ4v) is 5.98. The summed E-state index contributed by atoms with van der Waals surface area (Å²) >= 11 is 0. The summed E-state index contributed by atoms with van der Waals surface area (Å²) in [6.07, 6.45) is 10.6. The van der Waals surface area contributed by atoms with Gasteiger partial charge in [0.05, 0.1) is 11.4 Å². The fraction of sp³-hybridized carbons (Fsp3) is 0.464. The van der Waals surface area contributed by atoms with Gasteiger partial charge in [0.25, 0.3) is 0 Å². The molecule has 2 aromatic rings. The van der Waals surface area contributed by atoms with Gasteiger partial charge in [-0.15, -0.1) is 0 Å². The van der Waals surface area contributed by atoms with E-state index >= 15 is 0 Å². The molecule has 0 aromatic heterocycles. The number of benzene rings is 2. The van der Waals surface area contributed by atoms with Crippen LogP contribution >= 0.6 is 0 Å². The maximum atomic E-state index is 12.2. The molecular weight excluding hydrogens is 394 g/mol. The number of hydrogen-bond acceptors (Lipinski definition) is 3. The van der Waals surface area contributed by atoms with E-state index in [1.54, 1.807) is 18.2 Å². The molecule has 2 aromatic carbocycles. The predicted molar refractivity (Wildman–Crippen MR) is 134 cm³/mol. The second-order valence-electron chi connectivity index (χ2n) is 10.2. The quantitative estimate of drug-likeness (QED) is 0.429. The van der Waals surface area contributed by atoms with Gasteiger partial charge in [0.15, 0.2) is 0 Å². The third-order valence-electron chi connectivity index (χ3n) is 7.12. The van der Waals surface area contributed by atoms with Gasteiger partial charge < -0.3 is 16.0 Å². The molecule has 4 nitrogen and oxygen atoms in total. The Labute approximate surface area is 192 Å². The average Bonchev–Trinajstić information content (AvgIpc) is 2.74. The fourth-order valence-electron chi connectivity index (χ4n) is 5.98. The van der Waals surface area contributed by atoms with E-state index < -0.39 is 0 Å². The maximum absolute atomic E-state index is 12.2. The van der Waals surface area contributed by atoms with Crippen LogP contribution in [0.3, 0.4) is 0 Å². The van der Waals surface area contributed by atoms with Crippen LogP contribution in [-0.4, -0.2) is 24.4 Å². The number of hydrogen-bond donors (Lipinski definition) is 2. The number of amides is 1. The number of para-hydroxylation sites is 2. The van der Waals surface area contributed by atoms with Crippen molar-refractivity contribution in [2.75, 3.05) is 24.6 Å². The first kappa shape index (κ1) is 22.6. The van der Waals surface area contributed by atoms with Crippen molar-refractivity contribution in [3.63, 3.8) is 0 Å². The predicted octanol–water partition coefficient (Wildman–Crippen LogP) is 5.81. The second-order valence-corrected chi connectivity index (χ2v) is 10.2. The summed E-state index contributed by atoms with van der Waals surface area (Å²) in [5, 5.41) is 2.82. The van der Waals surface area contributed by atoms with E-state index in [4.69, 9.17) is 5.73 Å². The molecule has 170 valence electrons. The molecule has 2 saturated carbocycles. The second kappa shape index (κ2) is 10.4. The van der Waals surface area contributed by atoms with E-state index in [0.717, 1.165) is 35.8 Å². The minimum Gasteiger partial charge on any atom is -0.397 e. The van der Waals surface area contributed by atoms with E-state index in [9.17, 15) is 4.79 Å². The summed E-state index contributed by atoms with van der Waals surface area (Å²) < 4.78 is 0. The molecule has 2 atom stereocenters. The SMILES string of the molecule is CC1CC2CC(C1)CC(CN(C)Cc1ccc(/C=C/C(=O)Nc3ccccc3N)cc1)C2. The lowest BCUT2D eigenvalue weighted by Crippen LogP contribution is -2.35. The highest BCUT2D eigenvalue weighted by molar-refractivity contribution is 6.03. The smallest absolute Gasteiger partial charge is 0.248 e. The number of rotatable bonds is 7. The Morgan fingerprint density at radius 3 is 2.41 bits per heavy atom. The lowest BCUT2D eigenvalue weighted by Gasteiger charge is -2.42. The van der Waals surface area contributed by atoms with Gasteiger partial charge in [0.1, 0.15) is 0 Å². The van der Waals surface area contributed by atoms with Crippen LogP contribution in [0.5, 0.6) is 0 Å². The summed E-state index contributed by atoms with van der Waals surface area (Å²) in [4.78, 5) is 14.7. The van der Waals surface area contributed by atoms with E-state index in [0.29, 0.717) is 11.4 Å². The van der Waals surface area contributed by atoms with Crippen LogP contribution in [0.2, 0.25) is 0 Å². The molecule has 4 rings (SSSR count). The van der Waals surface area contributed by atoms with Crippen molar-refractivity contribution in [1.29, 1.82) is 0 Å². The Bertz CT molecular complexity index is 918. The summed E-state index contributed by atoms with van der Waals surface area (Å²) in [5.41, 5.74) is 9.41. The minimum atomic E-state index is -0.182. The zero-order valence-electron chi connectivity index (χ0n) is 19.5. The number of nitrogens with two attached hydrogens (primary N) is 1. The van der Waals surface area contributed by atoms with Gasteiger partial charge >= 0.3 is 0 Å². The van der Waals surface area contributed by atoms with Crippen LogP contribution in [0.15, 0.2) is 54.6 Å². The normalized spacial score (nSPS) is 25.2. The van der Waals surface area contributed by atoms with Gasteiger partial charge in [-0.2, -0.15) is 0 Å². The van der Waals surface area contributed by atoms with Gasteiger partial charge in [-0.25, -0.2) is 0 Å². The topological polar surface area (TPSA) is 58.4 Å². The largest absolute Gasteiger partial charge is 0.397 e. The summed E-state index contributed by atoms with van der Waals surface area (Å²) in [5.74, 6) is 3.55. The van der Waals surface area contributed by atoms with Crippen molar-refractivity contribution in [3.05, 3.63) is 65.7 Å². The molecular formula is C28H37N3O.